The van der Waals surface area contributed by atoms with E-state index in [1.165, 1.54) is 0 Å². The zero-order valence-corrected chi connectivity index (χ0v) is 24.3. The highest BCUT2D eigenvalue weighted by Crippen LogP contribution is 2.67. The van der Waals surface area contributed by atoms with Gasteiger partial charge in [0.1, 0.15) is 5.60 Å². The quantitative estimate of drug-likeness (QED) is 0.504. The van der Waals surface area contributed by atoms with Gasteiger partial charge < -0.3 is 19.7 Å². The predicted octanol–water partition coefficient (Wildman–Crippen LogP) is 3.48. The fraction of sp³-hybridized carbons (Fsp3) is 0.667. The first-order valence-electron chi connectivity index (χ1n) is 15.3. The fourth-order valence-corrected chi connectivity index (χ4v) is 9.25. The number of Topliss-reactive ketones (excluding diaryl/α,β-unsaturated/α-hetero) is 1. The van der Waals surface area contributed by atoms with Crippen molar-refractivity contribution in [2.45, 2.75) is 77.0 Å². The number of rotatable bonds is 6. The average molecular weight is 566 g/mol. The van der Waals surface area contributed by atoms with Crippen molar-refractivity contribution >= 4 is 17.5 Å². The molecule has 0 spiro atoms. The predicted molar refractivity (Wildman–Crippen MR) is 151 cm³/mol. The maximum Gasteiger partial charge on any atom is 0.338 e. The molecule has 1 aromatic rings. The number of ether oxygens (including phenoxy) is 2. The van der Waals surface area contributed by atoms with Crippen LogP contribution in [0.3, 0.4) is 0 Å². The lowest BCUT2D eigenvalue weighted by atomic mass is 9.45. The lowest BCUT2D eigenvalue weighted by molar-refractivity contribution is -0.182. The first-order chi connectivity index (χ1) is 19.5. The van der Waals surface area contributed by atoms with Gasteiger partial charge in [-0.1, -0.05) is 31.6 Å². The van der Waals surface area contributed by atoms with Crippen LogP contribution in [0.2, 0.25) is 0 Å². The number of aliphatic hydroxyl groups excluding tert-OH is 1. The number of carbonyl (C=O) groups is 3. The number of carbonyl (C=O) groups excluding carboxylic acids is 3. The molecule has 0 bridgehead atoms. The highest BCUT2D eigenvalue weighted by Gasteiger charge is 2.68. The molecule has 1 aliphatic heterocycles. The van der Waals surface area contributed by atoms with Gasteiger partial charge in [0.05, 0.1) is 24.9 Å². The standard InChI is InChI=1S/C33H43NO7/c1-31-11-9-24(35)17-23(31)7-8-25-26-10-12-33(39,32(26,2)18-27(36)29(25)31)28(37)20-41-30(38)22-5-3-21(4-6-22)19-34-13-15-40-16-14-34/h3-6,17,25-27,29,36,39H,7-16,18-20H2,1-2H3/t25-,26-,27-,29+,31-,32-,33-/m0/s1. The van der Waals surface area contributed by atoms with E-state index in [1.54, 1.807) is 18.2 Å². The minimum Gasteiger partial charge on any atom is -0.454 e. The van der Waals surface area contributed by atoms with Crippen molar-refractivity contribution in [3.8, 4) is 0 Å². The fourth-order valence-electron chi connectivity index (χ4n) is 9.25. The molecule has 7 atom stereocenters. The number of aliphatic hydroxyl groups is 2. The van der Waals surface area contributed by atoms with Crippen molar-refractivity contribution in [1.82, 2.24) is 4.90 Å². The topological polar surface area (TPSA) is 113 Å². The Labute approximate surface area is 242 Å². The molecule has 1 saturated heterocycles. The Balaban J connectivity index is 1.11. The largest absolute Gasteiger partial charge is 0.454 e. The van der Waals surface area contributed by atoms with Gasteiger partial charge in [0.25, 0.3) is 0 Å². The van der Waals surface area contributed by atoms with Crippen molar-refractivity contribution < 1.29 is 34.1 Å². The second kappa shape index (κ2) is 10.7. The molecule has 6 rings (SSSR count). The van der Waals surface area contributed by atoms with Crippen molar-refractivity contribution in [3.05, 3.63) is 47.0 Å². The molecule has 0 aromatic heterocycles. The second-order valence-electron chi connectivity index (χ2n) is 13.6. The van der Waals surface area contributed by atoms with Crippen LogP contribution in [0.15, 0.2) is 35.9 Å². The third-order valence-electron chi connectivity index (χ3n) is 11.5. The summed E-state index contributed by atoms with van der Waals surface area (Å²) in [4.78, 5) is 40.8. The third kappa shape index (κ3) is 4.81. The van der Waals surface area contributed by atoms with Gasteiger partial charge in [-0.15, -0.1) is 0 Å². The molecule has 0 radical (unpaired) electrons. The first-order valence-corrected chi connectivity index (χ1v) is 15.3. The molecule has 0 amide bonds. The van der Waals surface area contributed by atoms with E-state index in [9.17, 15) is 24.6 Å². The van der Waals surface area contributed by atoms with Crippen LogP contribution in [0.1, 0.15) is 74.7 Å². The minimum atomic E-state index is -1.66. The van der Waals surface area contributed by atoms with E-state index < -0.39 is 35.5 Å². The summed E-state index contributed by atoms with van der Waals surface area (Å²) in [5.41, 5.74) is -0.0800. The van der Waals surface area contributed by atoms with Crippen LogP contribution in [-0.4, -0.2) is 77.3 Å². The Kier molecular flexibility index (Phi) is 7.50. The lowest BCUT2D eigenvalue weighted by Crippen LogP contribution is -2.62. The highest BCUT2D eigenvalue weighted by atomic mass is 16.5. The molecule has 4 aliphatic carbocycles. The Morgan fingerprint density at radius 2 is 1.80 bits per heavy atom. The molecule has 5 aliphatic rings. The Bertz CT molecular complexity index is 1240. The summed E-state index contributed by atoms with van der Waals surface area (Å²) < 4.78 is 10.8. The molecule has 1 aromatic carbocycles. The van der Waals surface area contributed by atoms with Gasteiger partial charge >= 0.3 is 5.97 Å². The van der Waals surface area contributed by atoms with Gasteiger partial charge in [0.15, 0.2) is 12.4 Å². The van der Waals surface area contributed by atoms with Gasteiger partial charge in [-0.05, 0) is 85.5 Å². The van der Waals surface area contributed by atoms with E-state index in [1.807, 2.05) is 19.1 Å². The summed E-state index contributed by atoms with van der Waals surface area (Å²) in [5, 5.41) is 23.5. The molecular weight excluding hydrogens is 522 g/mol. The molecule has 8 heteroatoms. The monoisotopic (exact) mass is 565 g/mol. The van der Waals surface area contributed by atoms with E-state index in [2.05, 4.69) is 11.8 Å². The first kappa shape index (κ1) is 28.7. The number of fused-ring (bicyclic) bond motifs is 5. The maximum absolute atomic E-state index is 13.6. The number of morpholine rings is 1. The Morgan fingerprint density at radius 3 is 2.54 bits per heavy atom. The number of nitrogens with zero attached hydrogens (tertiary/aromatic N) is 1. The van der Waals surface area contributed by atoms with Crippen LogP contribution in [0, 0.1) is 28.6 Å². The second-order valence-corrected chi connectivity index (χ2v) is 13.6. The van der Waals surface area contributed by atoms with E-state index in [0.717, 1.165) is 63.2 Å². The summed E-state index contributed by atoms with van der Waals surface area (Å²) in [6, 6.07) is 7.23. The van der Waals surface area contributed by atoms with Crippen LogP contribution in [0.25, 0.3) is 0 Å². The summed E-state index contributed by atoms with van der Waals surface area (Å²) in [5.74, 6) is -0.651. The van der Waals surface area contributed by atoms with Gasteiger partial charge in [-0.25, -0.2) is 4.79 Å². The number of hydrogen-bond donors (Lipinski definition) is 2. The maximum atomic E-state index is 13.6. The van der Waals surface area contributed by atoms with Crippen molar-refractivity contribution in [2.75, 3.05) is 32.9 Å². The van der Waals surface area contributed by atoms with Gasteiger partial charge in [0.2, 0.25) is 5.78 Å². The van der Waals surface area contributed by atoms with Crippen molar-refractivity contribution in [2.24, 2.45) is 28.6 Å². The van der Waals surface area contributed by atoms with Crippen LogP contribution in [-0.2, 0) is 25.6 Å². The molecular formula is C33H43NO7. The van der Waals surface area contributed by atoms with Crippen LogP contribution in [0.5, 0.6) is 0 Å². The zero-order valence-electron chi connectivity index (χ0n) is 24.3. The summed E-state index contributed by atoms with van der Waals surface area (Å²) in [7, 11) is 0. The Morgan fingerprint density at radius 1 is 1.07 bits per heavy atom. The summed E-state index contributed by atoms with van der Waals surface area (Å²) in [6.45, 7) is 7.63. The zero-order chi connectivity index (χ0) is 29.0. The minimum absolute atomic E-state index is 0.00942. The van der Waals surface area contributed by atoms with E-state index in [-0.39, 0.29) is 29.0 Å². The molecule has 4 fully saturated rings. The molecule has 0 unspecified atom stereocenters. The number of esters is 1. The summed E-state index contributed by atoms with van der Waals surface area (Å²) in [6.07, 6.45) is 5.34. The van der Waals surface area contributed by atoms with E-state index in [0.29, 0.717) is 31.2 Å². The van der Waals surface area contributed by atoms with E-state index in [4.69, 9.17) is 9.47 Å². The summed E-state index contributed by atoms with van der Waals surface area (Å²) >= 11 is 0. The van der Waals surface area contributed by atoms with Crippen LogP contribution in [0.4, 0.5) is 0 Å². The van der Waals surface area contributed by atoms with Crippen LogP contribution >= 0.6 is 0 Å². The molecule has 1 heterocycles. The van der Waals surface area contributed by atoms with Gasteiger partial charge in [0, 0.05) is 31.5 Å². The average Bonchev–Trinajstić information content (AvgIpc) is 3.23. The normalized spacial score (nSPS) is 38.8. The number of benzene rings is 1. The van der Waals surface area contributed by atoms with E-state index >= 15 is 0 Å². The van der Waals surface area contributed by atoms with Crippen molar-refractivity contribution in [1.29, 1.82) is 0 Å². The third-order valence-corrected chi connectivity index (χ3v) is 11.5. The highest BCUT2D eigenvalue weighted by molar-refractivity contribution is 5.94. The molecule has 8 nitrogen and oxygen atoms in total. The molecule has 222 valence electrons. The Hall–Kier alpha value is -2.39. The lowest BCUT2D eigenvalue weighted by Gasteiger charge is -2.60. The van der Waals surface area contributed by atoms with Crippen LogP contribution < -0.4 is 0 Å². The SMILES string of the molecule is C[C@]12CCC(=O)C=C1CC[C@@H]1[C@@H]2[C@@H](O)C[C@@]2(C)[C@H]1CC[C@]2(O)C(=O)COC(=O)c1ccc(CN2CCOCC2)cc1. The number of ketones is 2. The molecule has 3 saturated carbocycles. The molecule has 2 N–H and O–H groups in total. The van der Waals surface area contributed by atoms with Crippen molar-refractivity contribution in [3.63, 3.8) is 0 Å². The van der Waals surface area contributed by atoms with Gasteiger partial charge in [-0.2, -0.15) is 0 Å². The molecule has 41 heavy (non-hydrogen) atoms. The van der Waals surface area contributed by atoms with Gasteiger partial charge in [-0.3, -0.25) is 14.5 Å². The number of allylic oxidation sites excluding steroid dienone is 1. The smallest absolute Gasteiger partial charge is 0.338 e. The number of hydrogen-bond acceptors (Lipinski definition) is 8.